The Morgan fingerprint density at radius 1 is 1.32 bits per heavy atom. The fourth-order valence-corrected chi connectivity index (χ4v) is 1.76. The van der Waals surface area contributed by atoms with Crippen LogP contribution in [0.25, 0.3) is 0 Å². The van der Waals surface area contributed by atoms with Crippen LogP contribution in [0.15, 0.2) is 42.6 Å². The van der Waals surface area contributed by atoms with Gasteiger partial charge >= 0.3 is 0 Å². The van der Waals surface area contributed by atoms with Crippen LogP contribution in [0.2, 0.25) is 0 Å². The van der Waals surface area contributed by atoms with Crippen LogP contribution >= 0.6 is 12.2 Å². The quantitative estimate of drug-likeness (QED) is 0.848. The van der Waals surface area contributed by atoms with Crippen LogP contribution in [0.5, 0.6) is 11.6 Å². The van der Waals surface area contributed by atoms with Gasteiger partial charge in [-0.15, -0.1) is 0 Å². The summed E-state index contributed by atoms with van der Waals surface area (Å²) in [6.45, 7) is 0.379. The first-order valence-electron chi connectivity index (χ1n) is 5.71. The molecule has 0 aliphatic carbocycles. The van der Waals surface area contributed by atoms with E-state index >= 15 is 0 Å². The van der Waals surface area contributed by atoms with Gasteiger partial charge in [0.2, 0.25) is 5.88 Å². The van der Waals surface area contributed by atoms with Crippen LogP contribution in [0.3, 0.4) is 0 Å². The van der Waals surface area contributed by atoms with Crippen LogP contribution in [0, 0.1) is 0 Å². The number of pyridine rings is 1. The Labute approximate surface area is 117 Å². The maximum atomic E-state index is 5.65. The highest BCUT2D eigenvalue weighted by Gasteiger charge is 2.07. The molecule has 0 unspecified atom stereocenters. The molecule has 0 bridgehead atoms. The normalized spacial score (nSPS) is 9.95. The minimum absolute atomic E-state index is 0.272. The second-order valence-corrected chi connectivity index (χ2v) is 4.30. The summed E-state index contributed by atoms with van der Waals surface area (Å²) in [7, 11) is 1.63. The number of methoxy groups -OCH3 is 1. The molecule has 1 aromatic carbocycles. The summed E-state index contributed by atoms with van der Waals surface area (Å²) in [6, 6.07) is 11.2. The van der Waals surface area contributed by atoms with Crippen molar-refractivity contribution in [3.8, 4) is 11.6 Å². The van der Waals surface area contributed by atoms with E-state index in [-0.39, 0.29) is 4.99 Å². The van der Waals surface area contributed by atoms with E-state index < -0.39 is 0 Å². The van der Waals surface area contributed by atoms with Crippen LogP contribution in [0.1, 0.15) is 11.1 Å². The highest BCUT2D eigenvalue weighted by atomic mass is 32.1. The third-order valence-electron chi connectivity index (χ3n) is 2.55. The Bertz CT molecular complexity index is 587. The molecule has 19 heavy (non-hydrogen) atoms. The predicted molar refractivity (Wildman–Crippen MR) is 77.5 cm³/mol. The zero-order chi connectivity index (χ0) is 13.7. The molecule has 0 saturated carbocycles. The van der Waals surface area contributed by atoms with E-state index in [4.69, 9.17) is 27.4 Å². The van der Waals surface area contributed by atoms with Gasteiger partial charge in [0.05, 0.1) is 12.7 Å². The molecule has 0 aliphatic rings. The van der Waals surface area contributed by atoms with Crippen molar-refractivity contribution in [1.29, 1.82) is 0 Å². The van der Waals surface area contributed by atoms with Gasteiger partial charge in [0, 0.05) is 6.20 Å². The molecule has 0 amide bonds. The summed E-state index contributed by atoms with van der Waals surface area (Å²) in [4.78, 5) is 4.41. The molecule has 0 saturated heterocycles. The van der Waals surface area contributed by atoms with Gasteiger partial charge in [-0.25, -0.2) is 4.98 Å². The van der Waals surface area contributed by atoms with Gasteiger partial charge in [0.1, 0.15) is 17.3 Å². The number of thiocarbonyl (C=S) groups is 1. The average molecular weight is 274 g/mol. The molecule has 2 aromatic rings. The van der Waals surface area contributed by atoms with E-state index in [1.54, 1.807) is 25.4 Å². The monoisotopic (exact) mass is 274 g/mol. The highest BCUT2D eigenvalue weighted by Crippen LogP contribution is 2.18. The third kappa shape index (κ3) is 3.42. The summed E-state index contributed by atoms with van der Waals surface area (Å²) in [5, 5.41) is 0. The number of rotatable bonds is 5. The summed E-state index contributed by atoms with van der Waals surface area (Å²) in [5.74, 6) is 1.23. The molecular weight excluding hydrogens is 260 g/mol. The van der Waals surface area contributed by atoms with Crippen LogP contribution in [0.4, 0.5) is 0 Å². The van der Waals surface area contributed by atoms with Gasteiger partial charge in [-0.2, -0.15) is 0 Å². The van der Waals surface area contributed by atoms with E-state index in [1.165, 1.54) is 0 Å². The molecule has 2 N–H and O–H groups in total. The molecule has 2 rings (SSSR count). The lowest BCUT2D eigenvalue weighted by molar-refractivity contribution is 0.292. The number of hydrogen-bond donors (Lipinski definition) is 1. The maximum absolute atomic E-state index is 5.65. The van der Waals surface area contributed by atoms with E-state index in [1.807, 2.05) is 24.3 Å². The number of aromatic nitrogens is 1. The van der Waals surface area contributed by atoms with E-state index in [0.717, 1.165) is 11.3 Å². The van der Waals surface area contributed by atoms with Crippen molar-refractivity contribution in [2.45, 2.75) is 6.61 Å². The molecular formula is C14H14N2O2S. The van der Waals surface area contributed by atoms with Gasteiger partial charge in [-0.3, -0.25) is 0 Å². The minimum atomic E-state index is 0.272. The molecule has 0 radical (unpaired) electrons. The van der Waals surface area contributed by atoms with Crippen LogP contribution in [-0.4, -0.2) is 17.1 Å². The summed E-state index contributed by atoms with van der Waals surface area (Å²) in [6.07, 6.45) is 1.64. The highest BCUT2D eigenvalue weighted by molar-refractivity contribution is 7.80. The van der Waals surface area contributed by atoms with E-state index in [2.05, 4.69) is 4.98 Å². The lowest BCUT2D eigenvalue weighted by atomic mass is 10.2. The SMILES string of the molecule is COc1cccc(COc2ncccc2C(N)=S)c1. The molecule has 5 heteroatoms. The Balaban J connectivity index is 2.12. The van der Waals surface area contributed by atoms with Gasteiger partial charge in [-0.1, -0.05) is 24.4 Å². The zero-order valence-corrected chi connectivity index (χ0v) is 11.3. The fourth-order valence-electron chi connectivity index (χ4n) is 1.61. The van der Waals surface area contributed by atoms with Crippen molar-refractivity contribution < 1.29 is 9.47 Å². The second-order valence-electron chi connectivity index (χ2n) is 3.86. The summed E-state index contributed by atoms with van der Waals surface area (Å²) < 4.78 is 10.8. The number of nitrogens with two attached hydrogens (primary N) is 1. The largest absolute Gasteiger partial charge is 0.497 e. The molecule has 0 fully saturated rings. The Morgan fingerprint density at radius 2 is 2.16 bits per heavy atom. The molecule has 1 heterocycles. The lowest BCUT2D eigenvalue weighted by Crippen LogP contribution is -2.12. The van der Waals surface area contributed by atoms with Crippen molar-refractivity contribution >= 4 is 17.2 Å². The van der Waals surface area contributed by atoms with E-state index in [9.17, 15) is 0 Å². The fraction of sp³-hybridized carbons (Fsp3) is 0.143. The standard InChI is InChI=1S/C14H14N2O2S/c1-17-11-5-2-4-10(8-11)9-18-14-12(13(15)19)6-3-7-16-14/h2-8H,9H2,1H3,(H2,15,19). The molecule has 98 valence electrons. The number of ether oxygens (including phenoxy) is 2. The van der Waals surface area contributed by atoms with Crippen molar-refractivity contribution in [3.05, 3.63) is 53.7 Å². The zero-order valence-electron chi connectivity index (χ0n) is 10.5. The first-order valence-corrected chi connectivity index (χ1v) is 6.12. The first kappa shape index (κ1) is 13.3. The van der Waals surface area contributed by atoms with Gasteiger partial charge < -0.3 is 15.2 Å². The molecule has 0 aliphatic heterocycles. The van der Waals surface area contributed by atoms with Crippen LogP contribution in [-0.2, 0) is 6.61 Å². The minimum Gasteiger partial charge on any atom is -0.497 e. The van der Waals surface area contributed by atoms with Gasteiger partial charge in [-0.05, 0) is 29.8 Å². The molecule has 4 nitrogen and oxygen atoms in total. The first-order chi connectivity index (χ1) is 9.20. The average Bonchev–Trinajstić information content (AvgIpc) is 2.45. The summed E-state index contributed by atoms with van der Waals surface area (Å²) in [5.41, 5.74) is 7.24. The Morgan fingerprint density at radius 3 is 2.89 bits per heavy atom. The van der Waals surface area contributed by atoms with Crippen molar-refractivity contribution in [3.63, 3.8) is 0 Å². The Kier molecular flexibility index (Phi) is 4.30. The second kappa shape index (κ2) is 6.15. The summed E-state index contributed by atoms with van der Waals surface area (Å²) >= 11 is 4.96. The lowest BCUT2D eigenvalue weighted by Gasteiger charge is -2.09. The smallest absolute Gasteiger partial charge is 0.224 e. The van der Waals surface area contributed by atoms with Gasteiger partial charge in [0.15, 0.2) is 0 Å². The van der Waals surface area contributed by atoms with Crippen molar-refractivity contribution in [2.24, 2.45) is 5.73 Å². The number of hydrogen-bond acceptors (Lipinski definition) is 4. The molecule has 0 spiro atoms. The van der Waals surface area contributed by atoms with Crippen LogP contribution < -0.4 is 15.2 Å². The number of nitrogens with zero attached hydrogens (tertiary/aromatic N) is 1. The number of benzene rings is 1. The topological polar surface area (TPSA) is 57.4 Å². The predicted octanol–water partition coefficient (Wildman–Crippen LogP) is 2.30. The van der Waals surface area contributed by atoms with Crippen molar-refractivity contribution in [2.75, 3.05) is 7.11 Å². The third-order valence-corrected chi connectivity index (χ3v) is 2.77. The van der Waals surface area contributed by atoms with Gasteiger partial charge in [0.25, 0.3) is 0 Å². The Hall–Kier alpha value is -2.14. The van der Waals surface area contributed by atoms with E-state index in [0.29, 0.717) is 18.1 Å². The molecule has 1 aromatic heterocycles. The maximum Gasteiger partial charge on any atom is 0.224 e. The molecule has 0 atom stereocenters. The van der Waals surface area contributed by atoms with Crippen molar-refractivity contribution in [1.82, 2.24) is 4.98 Å².